The summed E-state index contributed by atoms with van der Waals surface area (Å²) < 4.78 is 24.9. The van der Waals surface area contributed by atoms with Crippen LogP contribution in [0.15, 0.2) is 29.4 Å². The van der Waals surface area contributed by atoms with Gasteiger partial charge in [-0.05, 0) is 86.3 Å². The summed E-state index contributed by atoms with van der Waals surface area (Å²) in [4.78, 5) is 14.0. The Morgan fingerprint density at radius 2 is 1.95 bits per heavy atom. The number of aliphatic hydroxyl groups excluding tert-OH is 1. The van der Waals surface area contributed by atoms with Crippen molar-refractivity contribution in [2.45, 2.75) is 109 Å². The highest BCUT2D eigenvalue weighted by molar-refractivity contribution is 6.15. The van der Waals surface area contributed by atoms with Crippen molar-refractivity contribution in [2.24, 2.45) is 5.92 Å². The molecule has 1 aromatic carbocycles. The van der Waals surface area contributed by atoms with Gasteiger partial charge in [0.15, 0.2) is 5.78 Å². The van der Waals surface area contributed by atoms with Crippen molar-refractivity contribution >= 4 is 11.9 Å². The monoisotopic (exact) mass is 538 g/mol. The van der Waals surface area contributed by atoms with E-state index in [1.807, 2.05) is 46.8 Å². The van der Waals surface area contributed by atoms with Gasteiger partial charge in [-0.2, -0.15) is 0 Å². The molecule has 0 amide bonds. The van der Waals surface area contributed by atoms with E-state index in [2.05, 4.69) is 19.9 Å². The average molecular weight is 539 g/mol. The molecule has 7 nitrogen and oxygen atoms in total. The molecule has 1 aromatic rings. The normalized spacial score (nSPS) is 29.2. The minimum absolute atomic E-state index is 0.0704. The number of fused-ring (bicyclic) bond motifs is 3. The van der Waals surface area contributed by atoms with Gasteiger partial charge in [-0.3, -0.25) is 4.79 Å². The van der Waals surface area contributed by atoms with E-state index in [0.717, 1.165) is 12.8 Å². The fraction of sp³-hybridized carbons (Fsp3) is 0.594. The van der Waals surface area contributed by atoms with Gasteiger partial charge in [0.2, 0.25) is 0 Å². The van der Waals surface area contributed by atoms with Crippen molar-refractivity contribution in [3.63, 3.8) is 0 Å². The number of aliphatic hydroxyl groups is 1. The molecule has 1 fully saturated rings. The summed E-state index contributed by atoms with van der Waals surface area (Å²) in [6.45, 7) is 13.9. The number of hydrogen-bond donors (Lipinski definition) is 2. The number of benzene rings is 1. The highest BCUT2D eigenvalue weighted by Gasteiger charge is 2.56. The number of carbonyl (C=O) groups excluding carboxylic acids is 1. The van der Waals surface area contributed by atoms with Gasteiger partial charge in [-0.15, -0.1) is 0 Å². The number of rotatable bonds is 7. The molecule has 1 saturated heterocycles. The van der Waals surface area contributed by atoms with Crippen molar-refractivity contribution < 1.29 is 34.0 Å². The van der Waals surface area contributed by atoms with Gasteiger partial charge in [0.25, 0.3) is 0 Å². The van der Waals surface area contributed by atoms with E-state index in [-0.39, 0.29) is 28.8 Å². The number of aromatic hydroxyl groups is 1. The average Bonchev–Trinajstić information content (AvgIpc) is 3.51. The van der Waals surface area contributed by atoms with Gasteiger partial charge in [-0.25, -0.2) is 0 Å². The molecule has 0 spiro atoms. The Morgan fingerprint density at radius 1 is 1.26 bits per heavy atom. The van der Waals surface area contributed by atoms with E-state index in [1.165, 1.54) is 5.57 Å². The Balaban J connectivity index is 1.67. The first-order valence-corrected chi connectivity index (χ1v) is 14.0. The summed E-state index contributed by atoms with van der Waals surface area (Å²) >= 11 is 0. The Bertz CT molecular complexity index is 1280. The maximum Gasteiger partial charge on any atom is 0.199 e. The summed E-state index contributed by atoms with van der Waals surface area (Å²) in [5.74, 6) is -0.0600. The zero-order valence-corrected chi connectivity index (χ0v) is 24.4. The van der Waals surface area contributed by atoms with Crippen LogP contribution in [0, 0.1) is 5.92 Å². The van der Waals surface area contributed by atoms with Crippen LogP contribution in [0.25, 0.3) is 6.08 Å². The largest absolute Gasteiger partial charge is 0.506 e. The Hall–Kier alpha value is -2.61. The van der Waals surface area contributed by atoms with Gasteiger partial charge in [0.1, 0.15) is 46.7 Å². The van der Waals surface area contributed by atoms with Crippen LogP contribution in [0.5, 0.6) is 17.2 Å². The van der Waals surface area contributed by atoms with Gasteiger partial charge < -0.3 is 29.2 Å². The predicted molar refractivity (Wildman–Crippen MR) is 149 cm³/mol. The molecule has 0 bridgehead atoms. The number of ether oxygens (including phenoxy) is 4. The fourth-order valence-corrected chi connectivity index (χ4v) is 6.20. The third-order valence-electron chi connectivity index (χ3n) is 8.89. The molecule has 0 aromatic heterocycles. The number of phenolic OH excluding ortho intramolecular Hbond substituents is 1. The van der Waals surface area contributed by atoms with Gasteiger partial charge >= 0.3 is 0 Å². The van der Waals surface area contributed by atoms with Crippen LogP contribution in [-0.2, 0) is 9.47 Å². The first-order chi connectivity index (χ1) is 18.2. The van der Waals surface area contributed by atoms with Crippen LogP contribution in [0.3, 0.4) is 0 Å². The van der Waals surface area contributed by atoms with Gasteiger partial charge in [0.05, 0.1) is 22.3 Å². The third-order valence-corrected chi connectivity index (χ3v) is 8.89. The van der Waals surface area contributed by atoms with Crippen LogP contribution >= 0.6 is 0 Å². The Morgan fingerprint density at radius 3 is 2.56 bits per heavy atom. The molecular formula is C32H42O7. The van der Waals surface area contributed by atoms with Crippen molar-refractivity contribution in [3.05, 3.63) is 46.1 Å². The summed E-state index contributed by atoms with van der Waals surface area (Å²) in [6, 6.07) is 0. The zero-order valence-electron chi connectivity index (χ0n) is 24.4. The van der Waals surface area contributed by atoms with Crippen LogP contribution in [-0.4, -0.2) is 52.1 Å². The molecule has 5 rings (SSSR count). The minimum Gasteiger partial charge on any atom is -0.506 e. The van der Waals surface area contributed by atoms with E-state index >= 15 is 0 Å². The standard InChI is InChI=1S/C32H42O7/c1-17(2)11-10-15-32(7)16-14-19-24(34)21-23(33)18-12-9-13-20(30(3,4)36-8)26(18)37-28(21)22(27(19)38-32)25(35)29-31(5,6)39-29/h11-12,14,16,20,25-26,29,34-35H,9-10,13,15H2,1-8H3/t20-,25?,26?,29?,32-/m0/s1. The zero-order chi connectivity index (χ0) is 28.5. The smallest absolute Gasteiger partial charge is 0.199 e. The van der Waals surface area contributed by atoms with Crippen molar-refractivity contribution in [1.29, 1.82) is 0 Å². The van der Waals surface area contributed by atoms with E-state index in [0.29, 0.717) is 35.3 Å². The lowest BCUT2D eigenvalue weighted by Gasteiger charge is -2.44. The van der Waals surface area contributed by atoms with E-state index < -0.39 is 35.1 Å². The number of methoxy groups -OCH3 is 1. The molecule has 3 heterocycles. The Labute approximate surface area is 231 Å². The number of carbonyl (C=O) groups is 1. The summed E-state index contributed by atoms with van der Waals surface area (Å²) in [6.07, 6.45) is 8.60. The van der Waals surface area contributed by atoms with E-state index in [1.54, 1.807) is 13.2 Å². The number of Topliss-reactive ketones (excluding diaryl/α,β-unsaturated/α-hetero) is 1. The third kappa shape index (κ3) is 4.72. The summed E-state index contributed by atoms with van der Waals surface area (Å²) in [7, 11) is 1.66. The molecular weight excluding hydrogens is 496 g/mol. The van der Waals surface area contributed by atoms with E-state index in [4.69, 9.17) is 18.9 Å². The number of epoxide rings is 1. The van der Waals surface area contributed by atoms with Crippen LogP contribution in [0.4, 0.5) is 0 Å². The van der Waals surface area contributed by atoms with Gasteiger partial charge in [-0.1, -0.05) is 17.7 Å². The highest BCUT2D eigenvalue weighted by atomic mass is 16.6. The topological polar surface area (TPSA) is 97.8 Å². The summed E-state index contributed by atoms with van der Waals surface area (Å²) in [5, 5.41) is 23.2. The lowest BCUT2D eigenvalue weighted by Crippen LogP contribution is -2.49. The molecule has 3 aliphatic heterocycles. The molecule has 4 aliphatic rings. The molecule has 0 radical (unpaired) electrons. The molecule has 7 heteroatoms. The second-order valence-corrected chi connectivity index (χ2v) is 12.9. The van der Waals surface area contributed by atoms with Crippen molar-refractivity contribution in [3.8, 4) is 17.2 Å². The number of phenols is 1. The lowest BCUT2D eigenvalue weighted by atomic mass is 9.73. The lowest BCUT2D eigenvalue weighted by molar-refractivity contribution is -0.0659. The van der Waals surface area contributed by atoms with Crippen molar-refractivity contribution in [2.75, 3.05) is 7.11 Å². The molecule has 0 saturated carbocycles. The first kappa shape index (κ1) is 27.9. The Kier molecular flexibility index (Phi) is 6.80. The maximum atomic E-state index is 14.0. The number of hydrogen-bond acceptors (Lipinski definition) is 7. The quantitative estimate of drug-likeness (QED) is 0.314. The van der Waals surface area contributed by atoms with E-state index in [9.17, 15) is 15.0 Å². The molecule has 1 aliphatic carbocycles. The highest BCUT2D eigenvalue weighted by Crippen LogP contribution is 2.57. The predicted octanol–water partition coefficient (Wildman–Crippen LogP) is 6.22. The maximum absolute atomic E-state index is 14.0. The molecule has 3 unspecified atom stereocenters. The second-order valence-electron chi connectivity index (χ2n) is 12.9. The van der Waals surface area contributed by atoms with Crippen LogP contribution < -0.4 is 9.47 Å². The molecule has 5 atom stereocenters. The van der Waals surface area contributed by atoms with Crippen LogP contribution in [0.2, 0.25) is 0 Å². The molecule has 39 heavy (non-hydrogen) atoms. The fourth-order valence-electron chi connectivity index (χ4n) is 6.20. The van der Waals surface area contributed by atoms with Crippen molar-refractivity contribution in [1.82, 2.24) is 0 Å². The second kappa shape index (κ2) is 9.50. The number of ketones is 1. The number of allylic oxidation sites excluding steroid dienone is 3. The first-order valence-electron chi connectivity index (χ1n) is 14.0. The molecule has 212 valence electrons. The van der Waals surface area contributed by atoms with Gasteiger partial charge in [0, 0.05) is 18.6 Å². The summed E-state index contributed by atoms with van der Waals surface area (Å²) in [5.41, 5.74) is 0.788. The SMILES string of the molecule is COC(C)(C)[C@H]1CCC=C2C(=O)c3c(O)c4c(c(C(O)C5OC5(C)C)c3OC21)O[C@@](C)(CCC=C(C)C)C=C4. The minimum atomic E-state index is -1.12. The van der Waals surface area contributed by atoms with Crippen LogP contribution in [0.1, 0.15) is 102 Å². The molecule has 2 N–H and O–H groups in total.